The van der Waals surface area contributed by atoms with Crippen LogP contribution < -0.4 is 5.73 Å². The first-order chi connectivity index (χ1) is 7.39. The molecule has 0 amide bonds. The highest BCUT2D eigenvalue weighted by Gasteiger charge is 2.18. The van der Waals surface area contributed by atoms with Crippen molar-refractivity contribution in [3.05, 3.63) is 40.9 Å². The fourth-order valence-electron chi connectivity index (χ4n) is 1.99. The number of nitrogens with two attached hydrogens (primary N) is 1. The standard InChI is InChI=1S/C14H16ClN/c1-14(2,3)12-8-9(16)7-11-10(12)5-4-6-13(11)15/h4-8H,16H2,1-3H3. The Hall–Kier alpha value is -1.21. The van der Waals surface area contributed by atoms with Crippen LogP contribution in [0.25, 0.3) is 10.8 Å². The van der Waals surface area contributed by atoms with Gasteiger partial charge in [0.2, 0.25) is 0 Å². The maximum absolute atomic E-state index is 6.20. The SMILES string of the molecule is CC(C)(C)c1cc(N)cc2c(Cl)cccc12. The number of fused-ring (bicyclic) bond motifs is 1. The lowest BCUT2D eigenvalue weighted by atomic mass is 9.83. The van der Waals surface area contributed by atoms with Crippen molar-refractivity contribution in [3.63, 3.8) is 0 Å². The Morgan fingerprint density at radius 3 is 2.38 bits per heavy atom. The molecule has 0 aromatic heterocycles. The summed E-state index contributed by atoms with van der Waals surface area (Å²) in [7, 11) is 0. The van der Waals surface area contributed by atoms with E-state index >= 15 is 0 Å². The highest BCUT2D eigenvalue weighted by atomic mass is 35.5. The second-order valence-electron chi connectivity index (χ2n) is 5.15. The van der Waals surface area contributed by atoms with E-state index in [1.54, 1.807) is 0 Å². The molecule has 2 aromatic rings. The van der Waals surface area contributed by atoms with Crippen molar-refractivity contribution in [2.45, 2.75) is 26.2 Å². The predicted octanol–water partition coefficient (Wildman–Crippen LogP) is 4.37. The molecule has 0 radical (unpaired) electrons. The van der Waals surface area contributed by atoms with Crippen molar-refractivity contribution in [2.75, 3.05) is 5.73 Å². The minimum atomic E-state index is 0.0678. The van der Waals surface area contributed by atoms with Gasteiger partial charge >= 0.3 is 0 Å². The fraction of sp³-hybridized carbons (Fsp3) is 0.286. The van der Waals surface area contributed by atoms with Gasteiger partial charge < -0.3 is 5.73 Å². The Balaban J connectivity index is 2.89. The third-order valence-corrected chi connectivity index (χ3v) is 3.10. The summed E-state index contributed by atoms with van der Waals surface area (Å²) in [5.41, 5.74) is 8.01. The summed E-state index contributed by atoms with van der Waals surface area (Å²) in [6.07, 6.45) is 0. The van der Waals surface area contributed by atoms with E-state index in [9.17, 15) is 0 Å². The van der Waals surface area contributed by atoms with Crippen molar-refractivity contribution >= 4 is 28.1 Å². The van der Waals surface area contributed by atoms with Gasteiger partial charge in [0.15, 0.2) is 0 Å². The molecule has 0 fully saturated rings. The van der Waals surface area contributed by atoms with Gasteiger partial charge in [0.1, 0.15) is 0 Å². The Morgan fingerprint density at radius 1 is 1.06 bits per heavy atom. The quantitative estimate of drug-likeness (QED) is 0.672. The molecule has 0 aliphatic heterocycles. The average molecular weight is 234 g/mol. The van der Waals surface area contributed by atoms with Gasteiger partial charge in [0.05, 0.1) is 0 Å². The zero-order chi connectivity index (χ0) is 11.9. The van der Waals surface area contributed by atoms with E-state index < -0.39 is 0 Å². The third kappa shape index (κ3) is 1.88. The summed E-state index contributed by atoms with van der Waals surface area (Å²) < 4.78 is 0. The highest BCUT2D eigenvalue weighted by Crippen LogP contribution is 2.34. The molecule has 2 aromatic carbocycles. The van der Waals surface area contributed by atoms with E-state index in [2.05, 4.69) is 26.8 Å². The van der Waals surface area contributed by atoms with Crippen LogP contribution in [0, 0.1) is 0 Å². The molecule has 2 rings (SSSR count). The molecule has 0 aliphatic carbocycles. The summed E-state index contributed by atoms with van der Waals surface area (Å²) in [6.45, 7) is 6.55. The van der Waals surface area contributed by atoms with Crippen molar-refractivity contribution in [1.82, 2.24) is 0 Å². The fourth-order valence-corrected chi connectivity index (χ4v) is 2.22. The van der Waals surface area contributed by atoms with Gasteiger partial charge in [-0.3, -0.25) is 0 Å². The lowest BCUT2D eigenvalue weighted by Gasteiger charge is -2.22. The van der Waals surface area contributed by atoms with Gasteiger partial charge in [0.25, 0.3) is 0 Å². The Labute approximate surface area is 101 Å². The first-order valence-electron chi connectivity index (χ1n) is 5.38. The molecule has 0 spiro atoms. The average Bonchev–Trinajstić information content (AvgIpc) is 2.17. The monoisotopic (exact) mass is 233 g/mol. The zero-order valence-corrected chi connectivity index (χ0v) is 10.6. The molecule has 0 bridgehead atoms. The largest absolute Gasteiger partial charge is 0.399 e. The Kier molecular flexibility index (Phi) is 2.59. The predicted molar refractivity (Wildman–Crippen MR) is 72.1 cm³/mol. The molecule has 0 unspecified atom stereocenters. The van der Waals surface area contributed by atoms with E-state index in [1.807, 2.05) is 24.3 Å². The maximum Gasteiger partial charge on any atom is 0.0485 e. The Bertz CT molecular complexity index is 538. The topological polar surface area (TPSA) is 26.0 Å². The second-order valence-corrected chi connectivity index (χ2v) is 5.56. The molecule has 16 heavy (non-hydrogen) atoms. The number of hydrogen-bond donors (Lipinski definition) is 1. The lowest BCUT2D eigenvalue weighted by molar-refractivity contribution is 0.596. The molecule has 1 nitrogen and oxygen atoms in total. The van der Waals surface area contributed by atoms with E-state index in [-0.39, 0.29) is 5.41 Å². The molecule has 84 valence electrons. The first kappa shape index (κ1) is 11.3. The van der Waals surface area contributed by atoms with Crippen LogP contribution >= 0.6 is 11.6 Å². The molecule has 2 heteroatoms. The van der Waals surface area contributed by atoms with Crippen molar-refractivity contribution in [3.8, 4) is 0 Å². The van der Waals surface area contributed by atoms with Crippen LogP contribution in [0.2, 0.25) is 5.02 Å². The number of rotatable bonds is 0. The number of nitrogen functional groups attached to an aromatic ring is 1. The van der Waals surface area contributed by atoms with Crippen LogP contribution in [0.15, 0.2) is 30.3 Å². The van der Waals surface area contributed by atoms with Gasteiger partial charge in [-0.1, -0.05) is 44.5 Å². The van der Waals surface area contributed by atoms with Gasteiger partial charge in [-0.2, -0.15) is 0 Å². The first-order valence-corrected chi connectivity index (χ1v) is 5.75. The summed E-state index contributed by atoms with van der Waals surface area (Å²) in [6, 6.07) is 9.96. The molecule has 2 N–H and O–H groups in total. The van der Waals surface area contributed by atoms with Gasteiger partial charge in [-0.05, 0) is 34.6 Å². The summed E-state index contributed by atoms with van der Waals surface area (Å²) in [4.78, 5) is 0. The number of halogens is 1. The molecule has 0 heterocycles. The van der Waals surface area contributed by atoms with Crippen LogP contribution in [0.1, 0.15) is 26.3 Å². The van der Waals surface area contributed by atoms with Gasteiger partial charge in [0, 0.05) is 16.1 Å². The molecular formula is C14H16ClN. The lowest BCUT2D eigenvalue weighted by Crippen LogP contribution is -2.12. The van der Waals surface area contributed by atoms with Crippen molar-refractivity contribution < 1.29 is 0 Å². The maximum atomic E-state index is 6.20. The van der Waals surface area contributed by atoms with E-state index in [4.69, 9.17) is 17.3 Å². The molecular weight excluding hydrogens is 218 g/mol. The number of anilines is 1. The van der Waals surface area contributed by atoms with Crippen molar-refractivity contribution in [2.24, 2.45) is 0 Å². The third-order valence-electron chi connectivity index (χ3n) is 2.77. The van der Waals surface area contributed by atoms with Crippen LogP contribution in [0.4, 0.5) is 5.69 Å². The van der Waals surface area contributed by atoms with Crippen molar-refractivity contribution in [1.29, 1.82) is 0 Å². The van der Waals surface area contributed by atoms with Gasteiger partial charge in [-0.25, -0.2) is 0 Å². The minimum Gasteiger partial charge on any atom is -0.399 e. The van der Waals surface area contributed by atoms with Gasteiger partial charge in [-0.15, -0.1) is 0 Å². The van der Waals surface area contributed by atoms with E-state index in [0.29, 0.717) is 0 Å². The smallest absolute Gasteiger partial charge is 0.0485 e. The number of benzene rings is 2. The molecule has 0 aliphatic rings. The minimum absolute atomic E-state index is 0.0678. The van der Waals surface area contributed by atoms with Crippen LogP contribution in [0.3, 0.4) is 0 Å². The van der Waals surface area contributed by atoms with Crippen LogP contribution in [-0.4, -0.2) is 0 Å². The number of hydrogen-bond acceptors (Lipinski definition) is 1. The Morgan fingerprint density at radius 2 is 1.75 bits per heavy atom. The van der Waals surface area contributed by atoms with Crippen LogP contribution in [0.5, 0.6) is 0 Å². The molecule has 0 saturated heterocycles. The summed E-state index contributed by atoms with van der Waals surface area (Å²) in [5, 5.41) is 2.98. The van der Waals surface area contributed by atoms with E-state index in [1.165, 1.54) is 10.9 Å². The van der Waals surface area contributed by atoms with E-state index in [0.717, 1.165) is 16.1 Å². The molecule has 0 atom stereocenters. The normalized spacial score (nSPS) is 12.0. The second kappa shape index (κ2) is 3.67. The summed E-state index contributed by atoms with van der Waals surface area (Å²) in [5.74, 6) is 0. The van der Waals surface area contributed by atoms with Crippen LogP contribution in [-0.2, 0) is 5.41 Å². The zero-order valence-electron chi connectivity index (χ0n) is 9.84. The summed E-state index contributed by atoms with van der Waals surface area (Å²) >= 11 is 6.20. The molecule has 0 saturated carbocycles. The highest BCUT2D eigenvalue weighted by molar-refractivity contribution is 6.35.